The van der Waals surface area contributed by atoms with Crippen molar-refractivity contribution in [2.75, 3.05) is 11.9 Å². The molecule has 0 unspecified atom stereocenters. The number of aryl methyl sites for hydroxylation is 1. The van der Waals surface area contributed by atoms with Gasteiger partial charge in [-0.3, -0.25) is 4.79 Å². The van der Waals surface area contributed by atoms with Crippen LogP contribution in [0.2, 0.25) is 0 Å². The van der Waals surface area contributed by atoms with Gasteiger partial charge in [0.25, 0.3) is 0 Å². The second-order valence-corrected chi connectivity index (χ2v) is 7.42. The van der Waals surface area contributed by atoms with Gasteiger partial charge in [0.05, 0.1) is 5.52 Å². The van der Waals surface area contributed by atoms with Crippen LogP contribution >= 0.6 is 0 Å². The Bertz CT molecular complexity index is 1210. The van der Waals surface area contributed by atoms with Crippen molar-refractivity contribution < 1.29 is 4.79 Å². The van der Waals surface area contributed by atoms with E-state index in [0.29, 0.717) is 11.8 Å². The van der Waals surface area contributed by atoms with Crippen molar-refractivity contribution in [1.29, 1.82) is 0 Å². The number of nitrogens with one attached hydrogen (secondary N) is 2. The van der Waals surface area contributed by atoms with Crippen LogP contribution in [-0.4, -0.2) is 38.1 Å². The van der Waals surface area contributed by atoms with Crippen molar-refractivity contribution >= 4 is 28.4 Å². The summed E-state index contributed by atoms with van der Waals surface area (Å²) in [4.78, 5) is 22.0. The van der Waals surface area contributed by atoms with E-state index in [2.05, 4.69) is 10.6 Å². The SMILES string of the molecule is Cc1ccccc1-c1nc2c3ccccc3nc(N[C@H]3CCCCNC3=O)n2n1. The molecule has 2 aromatic heterocycles. The molecule has 1 aliphatic heterocycles. The van der Waals surface area contributed by atoms with Gasteiger partial charge in [-0.1, -0.05) is 36.4 Å². The lowest BCUT2D eigenvalue weighted by Crippen LogP contribution is -2.38. The number of hydrogen-bond acceptors (Lipinski definition) is 5. The average molecular weight is 386 g/mol. The molecule has 1 aliphatic rings. The van der Waals surface area contributed by atoms with Crippen LogP contribution in [0.4, 0.5) is 5.95 Å². The highest BCUT2D eigenvalue weighted by atomic mass is 16.2. The standard InChI is InChI=1S/C22H22N6O/c1-14-8-2-3-9-15(14)19-26-20-16-10-4-5-11-17(16)24-22(28(20)27-19)25-18-12-6-7-13-23-21(18)29/h2-5,8-11,18H,6-7,12-13H2,1H3,(H,23,29)(H,24,25)/t18-/m0/s1. The predicted octanol–water partition coefficient (Wildman–Crippen LogP) is 3.33. The molecular weight excluding hydrogens is 364 g/mol. The second kappa shape index (κ2) is 7.16. The number of para-hydroxylation sites is 1. The highest BCUT2D eigenvalue weighted by Crippen LogP contribution is 2.26. The molecule has 0 bridgehead atoms. The van der Waals surface area contributed by atoms with Gasteiger partial charge in [0.15, 0.2) is 11.5 Å². The molecule has 4 aromatic rings. The Morgan fingerprint density at radius 3 is 2.79 bits per heavy atom. The van der Waals surface area contributed by atoms with Crippen molar-refractivity contribution in [3.05, 3.63) is 54.1 Å². The van der Waals surface area contributed by atoms with Crippen LogP contribution in [0.25, 0.3) is 27.9 Å². The van der Waals surface area contributed by atoms with Crippen LogP contribution in [-0.2, 0) is 4.79 Å². The zero-order valence-corrected chi connectivity index (χ0v) is 16.2. The van der Waals surface area contributed by atoms with Crippen molar-refractivity contribution in [3.63, 3.8) is 0 Å². The van der Waals surface area contributed by atoms with Gasteiger partial charge in [-0.25, -0.2) is 9.97 Å². The van der Waals surface area contributed by atoms with Gasteiger partial charge in [0, 0.05) is 17.5 Å². The van der Waals surface area contributed by atoms with Crippen molar-refractivity contribution in [3.8, 4) is 11.4 Å². The number of nitrogens with zero attached hydrogens (tertiary/aromatic N) is 4. The van der Waals surface area contributed by atoms with Crippen molar-refractivity contribution in [2.45, 2.75) is 32.2 Å². The fourth-order valence-electron chi connectivity index (χ4n) is 3.82. The van der Waals surface area contributed by atoms with E-state index >= 15 is 0 Å². The minimum atomic E-state index is -0.333. The predicted molar refractivity (Wildman–Crippen MR) is 113 cm³/mol. The summed E-state index contributed by atoms with van der Waals surface area (Å²) in [6.45, 7) is 2.77. The largest absolute Gasteiger partial charge is 0.354 e. The Balaban J connectivity index is 1.68. The summed E-state index contributed by atoms with van der Waals surface area (Å²) in [6.07, 6.45) is 2.74. The first-order valence-corrected chi connectivity index (χ1v) is 9.96. The number of rotatable bonds is 3. The third-order valence-electron chi connectivity index (χ3n) is 5.40. The van der Waals surface area contributed by atoms with Crippen LogP contribution in [0.15, 0.2) is 48.5 Å². The van der Waals surface area contributed by atoms with Crippen molar-refractivity contribution in [2.24, 2.45) is 0 Å². The number of aromatic nitrogens is 4. The number of benzene rings is 2. The molecule has 0 saturated carbocycles. The number of hydrogen-bond donors (Lipinski definition) is 2. The van der Waals surface area contributed by atoms with Gasteiger partial charge in [0.2, 0.25) is 11.9 Å². The highest BCUT2D eigenvalue weighted by Gasteiger charge is 2.23. The van der Waals surface area contributed by atoms with Gasteiger partial charge in [-0.2, -0.15) is 4.52 Å². The summed E-state index contributed by atoms with van der Waals surface area (Å²) in [5.41, 5.74) is 3.64. The van der Waals surface area contributed by atoms with Crippen LogP contribution < -0.4 is 10.6 Å². The molecular formula is C22H22N6O. The molecule has 0 radical (unpaired) electrons. The fourth-order valence-corrected chi connectivity index (χ4v) is 3.82. The van der Waals surface area contributed by atoms with Crippen LogP contribution in [0.5, 0.6) is 0 Å². The Morgan fingerprint density at radius 1 is 1.07 bits per heavy atom. The summed E-state index contributed by atoms with van der Waals surface area (Å²) in [5.74, 6) is 1.19. The van der Waals surface area contributed by atoms with Gasteiger partial charge < -0.3 is 10.6 Å². The lowest BCUT2D eigenvalue weighted by Gasteiger charge is -2.16. The smallest absolute Gasteiger partial charge is 0.242 e. The molecule has 2 N–H and O–H groups in total. The lowest BCUT2D eigenvalue weighted by atomic mass is 10.1. The third kappa shape index (κ3) is 3.18. The quantitative estimate of drug-likeness (QED) is 0.564. The van der Waals surface area contributed by atoms with Crippen LogP contribution in [0, 0.1) is 6.92 Å². The number of carbonyl (C=O) groups excluding carboxylic acids is 1. The molecule has 7 nitrogen and oxygen atoms in total. The summed E-state index contributed by atoms with van der Waals surface area (Å²) in [6, 6.07) is 15.6. The van der Waals surface area contributed by atoms with Crippen LogP contribution in [0.3, 0.4) is 0 Å². The summed E-state index contributed by atoms with van der Waals surface area (Å²) >= 11 is 0. The van der Waals surface area contributed by atoms with E-state index in [1.807, 2.05) is 55.5 Å². The first kappa shape index (κ1) is 17.6. The van der Waals surface area contributed by atoms with E-state index in [-0.39, 0.29) is 11.9 Å². The number of fused-ring (bicyclic) bond motifs is 3. The molecule has 2 aromatic carbocycles. The maximum atomic E-state index is 12.4. The maximum absolute atomic E-state index is 12.4. The van der Waals surface area contributed by atoms with E-state index < -0.39 is 0 Å². The van der Waals surface area contributed by atoms with Gasteiger partial charge >= 0.3 is 0 Å². The van der Waals surface area contributed by atoms with Crippen molar-refractivity contribution in [1.82, 2.24) is 24.9 Å². The molecule has 1 amide bonds. The maximum Gasteiger partial charge on any atom is 0.242 e. The first-order valence-electron chi connectivity index (χ1n) is 9.96. The highest BCUT2D eigenvalue weighted by molar-refractivity contribution is 5.93. The Labute approximate surface area is 168 Å². The molecule has 146 valence electrons. The monoisotopic (exact) mass is 386 g/mol. The summed E-state index contributed by atoms with van der Waals surface area (Å²) < 4.78 is 1.72. The van der Waals surface area contributed by atoms with Crippen LogP contribution in [0.1, 0.15) is 24.8 Å². The molecule has 0 aliphatic carbocycles. The Hall–Kier alpha value is -3.48. The molecule has 3 heterocycles. The number of anilines is 1. The van der Waals surface area contributed by atoms with E-state index in [9.17, 15) is 4.79 Å². The van der Waals surface area contributed by atoms with E-state index in [1.54, 1.807) is 4.52 Å². The number of amides is 1. The van der Waals surface area contributed by atoms with Gasteiger partial charge in [-0.05, 0) is 43.9 Å². The average Bonchev–Trinajstić information content (AvgIpc) is 3.08. The Kier molecular flexibility index (Phi) is 4.35. The molecule has 29 heavy (non-hydrogen) atoms. The Morgan fingerprint density at radius 2 is 1.90 bits per heavy atom. The molecule has 1 atom stereocenters. The van der Waals surface area contributed by atoms with E-state index in [0.717, 1.165) is 53.5 Å². The fraction of sp³-hybridized carbons (Fsp3) is 0.273. The molecule has 1 saturated heterocycles. The number of carbonyl (C=O) groups is 1. The van der Waals surface area contributed by atoms with Gasteiger partial charge in [0.1, 0.15) is 6.04 Å². The third-order valence-corrected chi connectivity index (χ3v) is 5.40. The minimum Gasteiger partial charge on any atom is -0.354 e. The summed E-state index contributed by atoms with van der Waals surface area (Å²) in [5, 5.41) is 12.0. The van der Waals surface area contributed by atoms with Gasteiger partial charge in [-0.15, -0.1) is 5.10 Å². The lowest BCUT2D eigenvalue weighted by molar-refractivity contribution is -0.121. The normalized spacial score (nSPS) is 17.3. The zero-order valence-electron chi connectivity index (χ0n) is 16.2. The first-order chi connectivity index (χ1) is 14.2. The molecule has 7 heteroatoms. The molecule has 1 fully saturated rings. The molecule has 0 spiro atoms. The van der Waals surface area contributed by atoms with E-state index in [4.69, 9.17) is 15.1 Å². The molecule has 5 rings (SSSR count). The zero-order chi connectivity index (χ0) is 19.8. The topological polar surface area (TPSA) is 84.2 Å². The second-order valence-electron chi connectivity index (χ2n) is 7.42. The van der Waals surface area contributed by atoms with E-state index in [1.165, 1.54) is 0 Å². The minimum absolute atomic E-state index is 0.00449. The summed E-state index contributed by atoms with van der Waals surface area (Å²) in [7, 11) is 0.